The number of benzene rings is 1. The second kappa shape index (κ2) is 6.72. The summed E-state index contributed by atoms with van der Waals surface area (Å²) in [5.74, 6) is 0. The van der Waals surface area contributed by atoms with Crippen LogP contribution in [0.25, 0.3) is 0 Å². The van der Waals surface area contributed by atoms with Gasteiger partial charge < -0.3 is 15.0 Å². The van der Waals surface area contributed by atoms with Crippen LogP contribution in [0.15, 0.2) is 24.3 Å². The molecule has 124 valence electrons. The molecule has 2 amide bonds. The van der Waals surface area contributed by atoms with Gasteiger partial charge in [0.25, 0.3) is 0 Å². The summed E-state index contributed by atoms with van der Waals surface area (Å²) in [5.41, 5.74) is 4.04. The number of carbonyl (C=O) groups excluding carboxylic acids is 1. The number of morpholine rings is 1. The summed E-state index contributed by atoms with van der Waals surface area (Å²) >= 11 is 0. The quantitative estimate of drug-likeness (QED) is 0.887. The monoisotopic (exact) mass is 325 g/mol. The van der Waals surface area contributed by atoms with Crippen LogP contribution in [0.4, 0.5) is 10.5 Å². The molecule has 1 aromatic heterocycles. The molecular formula is C17H19N5O2. The first-order chi connectivity index (χ1) is 11.6. The molecule has 1 aliphatic rings. The number of amides is 2. The minimum absolute atomic E-state index is 0.170. The van der Waals surface area contributed by atoms with E-state index in [2.05, 4.69) is 21.6 Å². The van der Waals surface area contributed by atoms with Gasteiger partial charge in [-0.15, -0.1) is 0 Å². The lowest BCUT2D eigenvalue weighted by Crippen LogP contribution is -2.45. The highest BCUT2D eigenvalue weighted by Gasteiger charge is 2.31. The Morgan fingerprint density at radius 3 is 2.79 bits per heavy atom. The van der Waals surface area contributed by atoms with Gasteiger partial charge in [-0.05, 0) is 38.1 Å². The molecule has 0 saturated carbocycles. The fraction of sp³-hybridized carbons (Fsp3) is 0.353. The molecule has 1 atom stereocenters. The highest BCUT2D eigenvalue weighted by Crippen LogP contribution is 2.28. The summed E-state index contributed by atoms with van der Waals surface area (Å²) < 4.78 is 5.58. The van der Waals surface area contributed by atoms with Gasteiger partial charge in [-0.2, -0.15) is 10.4 Å². The Labute approximate surface area is 140 Å². The lowest BCUT2D eigenvalue weighted by molar-refractivity contribution is 0.0143. The maximum absolute atomic E-state index is 12.7. The highest BCUT2D eigenvalue weighted by atomic mass is 16.5. The number of ether oxygens (including phenoxy) is 1. The number of nitriles is 1. The number of nitrogens with zero attached hydrogens (tertiary/aromatic N) is 3. The third-order valence-electron chi connectivity index (χ3n) is 4.17. The van der Waals surface area contributed by atoms with E-state index in [1.807, 2.05) is 13.8 Å². The molecule has 1 fully saturated rings. The molecule has 0 aliphatic carbocycles. The number of hydrogen-bond acceptors (Lipinski definition) is 4. The fourth-order valence-electron chi connectivity index (χ4n) is 2.96. The maximum atomic E-state index is 12.7. The summed E-state index contributed by atoms with van der Waals surface area (Å²) in [6, 6.07) is 8.50. The minimum Gasteiger partial charge on any atom is -0.377 e. The van der Waals surface area contributed by atoms with Crippen LogP contribution in [-0.4, -0.2) is 40.9 Å². The van der Waals surface area contributed by atoms with Gasteiger partial charge in [0.05, 0.1) is 36.6 Å². The van der Waals surface area contributed by atoms with Crippen LogP contribution >= 0.6 is 0 Å². The van der Waals surface area contributed by atoms with E-state index in [1.165, 1.54) is 0 Å². The fourth-order valence-corrected chi connectivity index (χ4v) is 2.96. The lowest BCUT2D eigenvalue weighted by Gasteiger charge is -2.35. The zero-order chi connectivity index (χ0) is 17.1. The molecule has 1 aliphatic heterocycles. The molecule has 1 unspecified atom stereocenters. The van der Waals surface area contributed by atoms with Crippen molar-refractivity contribution in [3.63, 3.8) is 0 Å². The number of urea groups is 1. The molecule has 1 saturated heterocycles. The Bertz CT molecular complexity index is 756. The van der Waals surface area contributed by atoms with Crippen molar-refractivity contribution in [2.75, 3.05) is 25.1 Å². The van der Waals surface area contributed by atoms with Gasteiger partial charge in [-0.25, -0.2) is 4.79 Å². The Hall–Kier alpha value is -2.85. The first kappa shape index (κ1) is 16.0. The van der Waals surface area contributed by atoms with Crippen LogP contribution < -0.4 is 5.32 Å². The average Bonchev–Trinajstić information content (AvgIpc) is 2.94. The number of anilines is 1. The summed E-state index contributed by atoms with van der Waals surface area (Å²) in [5, 5.41) is 18.9. The van der Waals surface area contributed by atoms with E-state index < -0.39 is 0 Å². The van der Waals surface area contributed by atoms with Crippen LogP contribution in [0.5, 0.6) is 0 Å². The summed E-state index contributed by atoms with van der Waals surface area (Å²) in [4.78, 5) is 14.5. The first-order valence-electron chi connectivity index (χ1n) is 7.77. The molecule has 0 bridgehead atoms. The van der Waals surface area contributed by atoms with Crippen molar-refractivity contribution in [2.45, 2.75) is 19.9 Å². The maximum Gasteiger partial charge on any atom is 0.322 e. The van der Waals surface area contributed by atoms with Gasteiger partial charge in [-0.1, -0.05) is 0 Å². The smallest absolute Gasteiger partial charge is 0.322 e. The molecule has 2 heterocycles. The molecule has 7 nitrogen and oxygen atoms in total. The second-order valence-electron chi connectivity index (χ2n) is 5.75. The van der Waals surface area contributed by atoms with E-state index in [1.54, 1.807) is 29.2 Å². The standard InChI is InChI=1S/C17H19N5O2/c1-11-16(12(2)21-20-11)15-10-24-8-7-22(15)17(23)19-14-5-3-13(9-18)4-6-14/h3-6,15H,7-8,10H2,1-2H3,(H,19,23)(H,20,21). The SMILES string of the molecule is Cc1n[nH]c(C)c1C1COCCN1C(=O)Nc1ccc(C#N)cc1. The minimum atomic E-state index is -0.187. The van der Waals surface area contributed by atoms with E-state index in [-0.39, 0.29) is 12.1 Å². The van der Waals surface area contributed by atoms with Gasteiger partial charge in [-0.3, -0.25) is 5.10 Å². The van der Waals surface area contributed by atoms with Crippen LogP contribution in [0.1, 0.15) is 28.6 Å². The average molecular weight is 325 g/mol. The van der Waals surface area contributed by atoms with E-state index in [9.17, 15) is 4.79 Å². The van der Waals surface area contributed by atoms with Crippen molar-refractivity contribution in [2.24, 2.45) is 0 Å². The van der Waals surface area contributed by atoms with Gasteiger partial charge in [0.2, 0.25) is 0 Å². The number of aryl methyl sites for hydroxylation is 2. The molecular weight excluding hydrogens is 306 g/mol. The zero-order valence-electron chi connectivity index (χ0n) is 13.7. The van der Waals surface area contributed by atoms with Gasteiger partial charge >= 0.3 is 6.03 Å². The predicted molar refractivity (Wildman–Crippen MR) is 88.5 cm³/mol. The number of rotatable bonds is 2. The molecule has 3 rings (SSSR count). The van der Waals surface area contributed by atoms with Crippen molar-refractivity contribution in [1.29, 1.82) is 5.26 Å². The topological polar surface area (TPSA) is 94.0 Å². The van der Waals surface area contributed by atoms with Crippen LogP contribution in [0, 0.1) is 25.2 Å². The second-order valence-corrected chi connectivity index (χ2v) is 5.75. The Kier molecular flexibility index (Phi) is 4.49. The Morgan fingerprint density at radius 2 is 2.17 bits per heavy atom. The zero-order valence-corrected chi connectivity index (χ0v) is 13.7. The molecule has 1 aromatic carbocycles. The van der Waals surface area contributed by atoms with Crippen LogP contribution in [-0.2, 0) is 4.74 Å². The molecule has 24 heavy (non-hydrogen) atoms. The van der Waals surface area contributed by atoms with Crippen molar-refractivity contribution in [1.82, 2.24) is 15.1 Å². The third-order valence-corrected chi connectivity index (χ3v) is 4.17. The summed E-state index contributed by atoms with van der Waals surface area (Å²) in [7, 11) is 0. The van der Waals surface area contributed by atoms with E-state index in [0.717, 1.165) is 17.0 Å². The Balaban J connectivity index is 1.79. The van der Waals surface area contributed by atoms with Crippen LogP contribution in [0.3, 0.4) is 0 Å². The largest absolute Gasteiger partial charge is 0.377 e. The van der Waals surface area contributed by atoms with Crippen molar-refractivity contribution in [3.8, 4) is 6.07 Å². The summed E-state index contributed by atoms with van der Waals surface area (Å²) in [6.45, 7) is 5.33. The number of H-pyrrole nitrogens is 1. The third kappa shape index (κ3) is 3.09. The van der Waals surface area contributed by atoms with Crippen molar-refractivity contribution >= 4 is 11.7 Å². The van der Waals surface area contributed by atoms with Gasteiger partial charge in [0, 0.05) is 23.5 Å². The number of hydrogen-bond donors (Lipinski definition) is 2. The van der Waals surface area contributed by atoms with Crippen LogP contribution in [0.2, 0.25) is 0 Å². The number of aromatic nitrogens is 2. The molecule has 2 aromatic rings. The molecule has 7 heteroatoms. The number of nitrogens with one attached hydrogen (secondary N) is 2. The lowest BCUT2D eigenvalue weighted by atomic mass is 10.0. The highest BCUT2D eigenvalue weighted by molar-refractivity contribution is 5.89. The first-order valence-corrected chi connectivity index (χ1v) is 7.77. The van der Waals surface area contributed by atoms with E-state index in [4.69, 9.17) is 10.00 Å². The van der Waals surface area contributed by atoms with Gasteiger partial charge in [0.15, 0.2) is 0 Å². The molecule has 2 N–H and O–H groups in total. The Morgan fingerprint density at radius 1 is 1.42 bits per heavy atom. The molecule has 0 radical (unpaired) electrons. The van der Waals surface area contributed by atoms with Gasteiger partial charge in [0.1, 0.15) is 0 Å². The van der Waals surface area contributed by atoms with E-state index >= 15 is 0 Å². The van der Waals surface area contributed by atoms with E-state index in [0.29, 0.717) is 31.0 Å². The predicted octanol–water partition coefficient (Wildman–Crippen LogP) is 2.50. The van der Waals surface area contributed by atoms with Crippen molar-refractivity contribution in [3.05, 3.63) is 46.8 Å². The number of carbonyl (C=O) groups is 1. The summed E-state index contributed by atoms with van der Waals surface area (Å²) in [6.07, 6.45) is 0. The normalized spacial score (nSPS) is 17.4. The van der Waals surface area contributed by atoms with Crippen molar-refractivity contribution < 1.29 is 9.53 Å². The molecule has 0 spiro atoms. The number of aromatic amines is 1.